The summed E-state index contributed by atoms with van der Waals surface area (Å²) in [5.74, 6) is -1.27. The van der Waals surface area contributed by atoms with Gasteiger partial charge in [0.05, 0.1) is 31.1 Å². The number of nitrogens with zero attached hydrogens (tertiary/aromatic N) is 3. The van der Waals surface area contributed by atoms with Gasteiger partial charge in [-0.05, 0) is 51.0 Å². The zero-order chi connectivity index (χ0) is 25.3. The molecular formula is C26H26F2N4O3. The minimum Gasteiger partial charge on any atom is -0.496 e. The quantitative estimate of drug-likeness (QED) is 0.527. The van der Waals surface area contributed by atoms with E-state index in [2.05, 4.69) is 16.0 Å². The van der Waals surface area contributed by atoms with Gasteiger partial charge in [0.2, 0.25) is 0 Å². The molecule has 0 saturated heterocycles. The van der Waals surface area contributed by atoms with Gasteiger partial charge >= 0.3 is 5.97 Å². The summed E-state index contributed by atoms with van der Waals surface area (Å²) in [5, 5.41) is 10.3. The molecule has 0 fully saturated rings. The molecule has 2 aromatic heterocycles. The summed E-state index contributed by atoms with van der Waals surface area (Å²) < 4.78 is 39.9. The van der Waals surface area contributed by atoms with Crippen molar-refractivity contribution in [1.29, 1.82) is 5.26 Å². The summed E-state index contributed by atoms with van der Waals surface area (Å²) >= 11 is 0. The SMILES string of the molecule is COc1ccc(F)cc1-c1c(F)cnc2[nH]c(C3=CCN(CC(=O)OC(C)(C)C)CC3)c(C#N)c12. The van der Waals surface area contributed by atoms with E-state index in [1.807, 2.05) is 31.7 Å². The smallest absolute Gasteiger partial charge is 0.320 e. The standard InChI is InChI=1S/C26H26F2N4O3/c1-26(2,3)35-21(33)14-32-9-7-15(8-10-32)24-18(12-29)23-22(19(28)13-30-25(23)31-24)17-11-16(27)5-6-20(17)34-4/h5-7,11,13H,8-10,14H2,1-4H3,(H,30,31). The van der Waals surface area contributed by atoms with Crippen molar-refractivity contribution in [3.8, 4) is 22.9 Å². The molecule has 1 aliphatic heterocycles. The molecule has 0 saturated carbocycles. The molecule has 9 heteroatoms. The third kappa shape index (κ3) is 5.03. The number of benzene rings is 1. The van der Waals surface area contributed by atoms with Crippen molar-refractivity contribution in [2.45, 2.75) is 32.8 Å². The van der Waals surface area contributed by atoms with E-state index in [9.17, 15) is 14.4 Å². The van der Waals surface area contributed by atoms with Gasteiger partial charge < -0.3 is 14.5 Å². The zero-order valence-corrected chi connectivity index (χ0v) is 20.0. The second kappa shape index (κ2) is 9.47. The number of hydrogen-bond donors (Lipinski definition) is 1. The molecule has 0 bridgehead atoms. The average Bonchev–Trinajstić information content (AvgIpc) is 3.17. The Balaban J connectivity index is 1.72. The second-order valence-electron chi connectivity index (χ2n) is 9.34. The molecular weight excluding hydrogens is 454 g/mol. The van der Waals surface area contributed by atoms with Crippen LogP contribution in [0.5, 0.6) is 5.75 Å². The van der Waals surface area contributed by atoms with Crippen LogP contribution in [0.1, 0.15) is 38.4 Å². The van der Waals surface area contributed by atoms with Crippen LogP contribution in [0.2, 0.25) is 0 Å². The number of nitriles is 1. The Morgan fingerprint density at radius 1 is 1.31 bits per heavy atom. The number of carbonyl (C=O) groups excluding carboxylic acids is 1. The molecule has 3 aromatic rings. The number of fused-ring (bicyclic) bond motifs is 1. The number of rotatable bonds is 5. The molecule has 3 heterocycles. The van der Waals surface area contributed by atoms with Crippen molar-refractivity contribution in [3.05, 3.63) is 53.4 Å². The number of pyridine rings is 1. The van der Waals surface area contributed by atoms with Crippen molar-refractivity contribution >= 4 is 22.6 Å². The van der Waals surface area contributed by atoms with Crippen LogP contribution in [-0.4, -0.2) is 53.2 Å². The average molecular weight is 481 g/mol. The predicted molar refractivity (Wildman–Crippen MR) is 128 cm³/mol. The highest BCUT2D eigenvalue weighted by Gasteiger charge is 2.26. The largest absolute Gasteiger partial charge is 0.496 e. The fraction of sp³-hybridized carbons (Fsp3) is 0.346. The molecule has 0 spiro atoms. The van der Waals surface area contributed by atoms with E-state index in [1.54, 1.807) is 0 Å². The summed E-state index contributed by atoms with van der Waals surface area (Å²) in [6.07, 6.45) is 3.53. The van der Waals surface area contributed by atoms with Gasteiger partial charge in [0, 0.05) is 29.6 Å². The number of methoxy groups -OCH3 is 1. The van der Waals surface area contributed by atoms with Crippen molar-refractivity contribution in [2.75, 3.05) is 26.7 Å². The maximum atomic E-state index is 15.1. The minimum atomic E-state index is -0.690. The first-order chi connectivity index (χ1) is 16.6. The molecule has 7 nitrogen and oxygen atoms in total. The summed E-state index contributed by atoms with van der Waals surface area (Å²) in [6.45, 7) is 6.70. The lowest BCUT2D eigenvalue weighted by molar-refractivity contribution is -0.156. The van der Waals surface area contributed by atoms with E-state index in [0.717, 1.165) is 11.8 Å². The summed E-state index contributed by atoms with van der Waals surface area (Å²) in [4.78, 5) is 21.4. The van der Waals surface area contributed by atoms with Crippen molar-refractivity contribution in [2.24, 2.45) is 0 Å². The van der Waals surface area contributed by atoms with Crippen LogP contribution in [0.4, 0.5) is 8.78 Å². The molecule has 1 aromatic carbocycles. The monoisotopic (exact) mass is 480 g/mol. The van der Waals surface area contributed by atoms with E-state index < -0.39 is 17.2 Å². The molecule has 1 aliphatic rings. The van der Waals surface area contributed by atoms with Gasteiger partial charge in [-0.25, -0.2) is 13.8 Å². The first kappa shape index (κ1) is 24.4. The van der Waals surface area contributed by atoms with Gasteiger partial charge in [-0.2, -0.15) is 5.26 Å². The Morgan fingerprint density at radius 3 is 2.71 bits per heavy atom. The van der Waals surface area contributed by atoms with Gasteiger partial charge in [0.25, 0.3) is 0 Å². The van der Waals surface area contributed by atoms with Crippen molar-refractivity contribution in [1.82, 2.24) is 14.9 Å². The van der Waals surface area contributed by atoms with E-state index in [-0.39, 0.29) is 40.3 Å². The van der Waals surface area contributed by atoms with Gasteiger partial charge in [0.15, 0.2) is 0 Å². The molecule has 0 atom stereocenters. The van der Waals surface area contributed by atoms with Crippen LogP contribution in [0, 0.1) is 23.0 Å². The Kier molecular flexibility index (Phi) is 6.59. The lowest BCUT2D eigenvalue weighted by atomic mass is 9.96. The van der Waals surface area contributed by atoms with Crippen LogP contribution in [0.25, 0.3) is 27.7 Å². The molecule has 182 valence electrons. The van der Waals surface area contributed by atoms with Gasteiger partial charge in [0.1, 0.15) is 34.7 Å². The number of aromatic amines is 1. The van der Waals surface area contributed by atoms with Gasteiger partial charge in [-0.15, -0.1) is 0 Å². The Hall–Kier alpha value is -3.77. The number of esters is 1. The van der Waals surface area contributed by atoms with Crippen LogP contribution in [0.3, 0.4) is 0 Å². The normalized spacial score (nSPS) is 14.5. The van der Waals surface area contributed by atoms with Crippen molar-refractivity contribution < 1.29 is 23.0 Å². The topological polar surface area (TPSA) is 91.2 Å². The molecule has 0 amide bonds. The van der Waals surface area contributed by atoms with E-state index in [1.165, 1.54) is 25.3 Å². The summed E-state index contributed by atoms with van der Waals surface area (Å²) in [5.41, 5.74) is 1.63. The van der Waals surface area contributed by atoms with E-state index in [4.69, 9.17) is 9.47 Å². The van der Waals surface area contributed by atoms with Gasteiger partial charge in [-0.1, -0.05) is 6.08 Å². The number of aromatic nitrogens is 2. The van der Waals surface area contributed by atoms with Crippen molar-refractivity contribution in [3.63, 3.8) is 0 Å². The fourth-order valence-electron chi connectivity index (χ4n) is 4.26. The second-order valence-corrected chi connectivity index (χ2v) is 9.34. The molecule has 0 aliphatic carbocycles. The molecule has 35 heavy (non-hydrogen) atoms. The van der Waals surface area contributed by atoms with Crippen LogP contribution in [-0.2, 0) is 9.53 Å². The van der Waals surface area contributed by atoms with E-state index >= 15 is 4.39 Å². The third-order valence-electron chi connectivity index (χ3n) is 5.71. The first-order valence-electron chi connectivity index (χ1n) is 11.2. The molecule has 0 radical (unpaired) electrons. The van der Waals surface area contributed by atoms with Crippen LogP contribution in [0.15, 0.2) is 30.5 Å². The Bertz CT molecular complexity index is 1370. The number of carbonyl (C=O) groups is 1. The third-order valence-corrected chi connectivity index (χ3v) is 5.71. The lowest BCUT2D eigenvalue weighted by Crippen LogP contribution is -2.37. The van der Waals surface area contributed by atoms with Gasteiger partial charge in [-0.3, -0.25) is 9.69 Å². The minimum absolute atomic E-state index is 0.0494. The highest BCUT2D eigenvalue weighted by atomic mass is 19.1. The highest BCUT2D eigenvalue weighted by Crippen LogP contribution is 2.40. The number of hydrogen-bond acceptors (Lipinski definition) is 6. The molecule has 4 rings (SSSR count). The first-order valence-corrected chi connectivity index (χ1v) is 11.2. The molecule has 0 unspecified atom stereocenters. The maximum Gasteiger partial charge on any atom is 0.320 e. The number of halogens is 2. The number of nitrogens with one attached hydrogen (secondary N) is 1. The number of H-pyrrole nitrogens is 1. The highest BCUT2D eigenvalue weighted by molar-refractivity contribution is 6.01. The summed E-state index contributed by atoms with van der Waals surface area (Å²) in [7, 11) is 1.41. The summed E-state index contributed by atoms with van der Waals surface area (Å²) in [6, 6.07) is 5.99. The zero-order valence-electron chi connectivity index (χ0n) is 20.0. The fourth-order valence-corrected chi connectivity index (χ4v) is 4.26. The van der Waals surface area contributed by atoms with Crippen LogP contribution >= 0.6 is 0 Å². The predicted octanol–water partition coefficient (Wildman–Crippen LogP) is 4.82. The molecule has 1 N–H and O–H groups in total. The lowest BCUT2D eigenvalue weighted by Gasteiger charge is -2.27. The van der Waals surface area contributed by atoms with Crippen LogP contribution < -0.4 is 4.74 Å². The number of ether oxygens (including phenoxy) is 2. The Labute approximate surface area is 202 Å². The van der Waals surface area contributed by atoms with E-state index in [0.29, 0.717) is 30.9 Å². The Morgan fingerprint density at radius 2 is 2.09 bits per heavy atom. The maximum absolute atomic E-state index is 15.1.